The molecular formula is C28H31N4OS+. The smallest absolute Gasteiger partial charge is 0.207 e. The highest BCUT2D eigenvalue weighted by atomic mass is 32.1. The van der Waals surface area contributed by atoms with Gasteiger partial charge in [-0.15, -0.1) is 5.10 Å². The Hall–Kier alpha value is -3.22. The zero-order chi connectivity index (χ0) is 23.3. The summed E-state index contributed by atoms with van der Waals surface area (Å²) >= 11 is 5.95. The van der Waals surface area contributed by atoms with E-state index >= 15 is 0 Å². The summed E-state index contributed by atoms with van der Waals surface area (Å²) in [6.45, 7) is 3.09. The van der Waals surface area contributed by atoms with E-state index in [0.717, 1.165) is 53.3 Å². The molecule has 0 bridgehead atoms. The third-order valence-electron chi connectivity index (χ3n) is 6.75. The third-order valence-corrected chi connectivity index (χ3v) is 7.15. The van der Waals surface area contributed by atoms with Crippen molar-refractivity contribution in [2.75, 3.05) is 20.2 Å². The first-order valence-electron chi connectivity index (χ1n) is 12.0. The van der Waals surface area contributed by atoms with Crippen molar-refractivity contribution >= 4 is 12.2 Å². The van der Waals surface area contributed by atoms with E-state index < -0.39 is 0 Å². The number of benzene rings is 3. The Kier molecular flexibility index (Phi) is 6.88. The lowest BCUT2D eigenvalue weighted by Crippen LogP contribution is -3.12. The Labute approximate surface area is 206 Å². The highest BCUT2D eigenvalue weighted by Crippen LogP contribution is 2.25. The van der Waals surface area contributed by atoms with Crippen LogP contribution in [0.2, 0.25) is 0 Å². The number of aromatic nitrogens is 3. The number of methoxy groups -OCH3 is 1. The molecule has 1 fully saturated rings. The van der Waals surface area contributed by atoms with Gasteiger partial charge in [-0.3, -0.25) is 4.57 Å². The monoisotopic (exact) mass is 471 g/mol. The van der Waals surface area contributed by atoms with Crippen LogP contribution in [0.4, 0.5) is 0 Å². The van der Waals surface area contributed by atoms with E-state index in [1.54, 1.807) is 12.0 Å². The molecule has 1 N–H and O–H groups in total. The van der Waals surface area contributed by atoms with Crippen molar-refractivity contribution in [2.45, 2.75) is 25.9 Å². The molecular weight excluding hydrogens is 440 g/mol. The van der Waals surface area contributed by atoms with Crippen molar-refractivity contribution < 1.29 is 9.64 Å². The van der Waals surface area contributed by atoms with Crippen LogP contribution in [-0.4, -0.2) is 34.5 Å². The molecule has 174 valence electrons. The molecule has 2 heterocycles. The molecule has 0 saturated carbocycles. The molecule has 5 rings (SSSR count). The SMILES string of the molecule is COc1ccc(-c2nn(C[NH+]3CCC(Cc4ccccc4)CC3)c(=S)n2-c2ccccc2)cc1. The van der Waals surface area contributed by atoms with Crippen LogP contribution in [0.25, 0.3) is 17.1 Å². The number of hydrogen-bond acceptors (Lipinski definition) is 3. The van der Waals surface area contributed by atoms with E-state index in [2.05, 4.69) is 47.0 Å². The summed E-state index contributed by atoms with van der Waals surface area (Å²) in [5.41, 5.74) is 3.50. The molecule has 4 aromatic rings. The molecule has 6 heteroatoms. The zero-order valence-electron chi connectivity index (χ0n) is 19.6. The highest BCUT2D eigenvalue weighted by Gasteiger charge is 2.24. The molecule has 34 heavy (non-hydrogen) atoms. The van der Waals surface area contributed by atoms with Gasteiger partial charge in [-0.25, -0.2) is 0 Å². The Balaban J connectivity index is 1.36. The molecule has 1 aliphatic heterocycles. The predicted molar refractivity (Wildman–Crippen MR) is 138 cm³/mol. The molecule has 5 nitrogen and oxygen atoms in total. The van der Waals surface area contributed by atoms with Gasteiger partial charge in [0, 0.05) is 11.3 Å². The molecule has 0 spiro atoms. The van der Waals surface area contributed by atoms with Gasteiger partial charge in [-0.1, -0.05) is 48.5 Å². The lowest BCUT2D eigenvalue weighted by atomic mass is 9.90. The lowest BCUT2D eigenvalue weighted by Gasteiger charge is -2.29. The Morgan fingerprint density at radius 1 is 0.912 bits per heavy atom. The third kappa shape index (κ3) is 4.98. The number of nitrogens with one attached hydrogen (secondary N) is 1. The van der Waals surface area contributed by atoms with Crippen molar-refractivity contribution in [3.8, 4) is 22.8 Å². The first-order valence-corrected chi connectivity index (χ1v) is 12.4. The van der Waals surface area contributed by atoms with Crippen LogP contribution in [0.1, 0.15) is 18.4 Å². The van der Waals surface area contributed by atoms with Gasteiger partial charge in [0.2, 0.25) is 4.77 Å². The van der Waals surface area contributed by atoms with Crippen LogP contribution in [0.3, 0.4) is 0 Å². The molecule has 0 aliphatic carbocycles. The molecule has 0 unspecified atom stereocenters. The van der Waals surface area contributed by atoms with Crippen molar-refractivity contribution in [1.82, 2.24) is 14.3 Å². The minimum Gasteiger partial charge on any atom is -0.497 e. The number of piperidine rings is 1. The van der Waals surface area contributed by atoms with Crippen LogP contribution in [0, 0.1) is 10.7 Å². The van der Waals surface area contributed by atoms with Crippen LogP contribution in [-0.2, 0) is 13.1 Å². The summed E-state index contributed by atoms with van der Waals surface area (Å²) in [6, 6.07) is 29.1. The zero-order valence-corrected chi connectivity index (χ0v) is 20.4. The van der Waals surface area contributed by atoms with Gasteiger partial charge in [0.1, 0.15) is 5.75 Å². The van der Waals surface area contributed by atoms with E-state index in [-0.39, 0.29) is 0 Å². The maximum absolute atomic E-state index is 5.95. The maximum atomic E-state index is 5.95. The molecule has 1 aromatic heterocycles. The molecule has 0 atom stereocenters. The van der Waals surface area contributed by atoms with Gasteiger partial charge < -0.3 is 9.64 Å². The maximum Gasteiger partial charge on any atom is 0.207 e. The number of rotatable bonds is 7. The first-order chi connectivity index (χ1) is 16.7. The molecule has 0 amide bonds. The number of nitrogens with zero attached hydrogens (tertiary/aromatic N) is 3. The second-order valence-electron chi connectivity index (χ2n) is 9.05. The second-order valence-corrected chi connectivity index (χ2v) is 9.41. The summed E-state index contributed by atoms with van der Waals surface area (Å²) in [4.78, 5) is 1.54. The topological polar surface area (TPSA) is 36.4 Å². The van der Waals surface area contributed by atoms with Crippen molar-refractivity contribution in [2.24, 2.45) is 5.92 Å². The largest absolute Gasteiger partial charge is 0.497 e. The minimum absolute atomic E-state index is 0.732. The molecule has 1 aliphatic rings. The lowest BCUT2D eigenvalue weighted by molar-refractivity contribution is -0.929. The molecule has 0 radical (unpaired) electrons. The second kappa shape index (κ2) is 10.4. The van der Waals surface area contributed by atoms with Crippen LogP contribution in [0.5, 0.6) is 5.75 Å². The summed E-state index contributed by atoms with van der Waals surface area (Å²) < 4.78 is 10.2. The number of quaternary nitrogens is 1. The number of para-hydroxylation sites is 1. The van der Waals surface area contributed by atoms with Gasteiger partial charge >= 0.3 is 0 Å². The molecule has 1 saturated heterocycles. The number of ether oxygens (including phenoxy) is 1. The summed E-state index contributed by atoms with van der Waals surface area (Å²) in [7, 11) is 1.68. The van der Waals surface area contributed by atoms with Crippen molar-refractivity contribution in [3.05, 3.63) is 95.3 Å². The Morgan fingerprint density at radius 2 is 1.56 bits per heavy atom. The van der Waals surface area contributed by atoms with Crippen LogP contribution >= 0.6 is 12.2 Å². The van der Waals surface area contributed by atoms with Crippen molar-refractivity contribution in [1.29, 1.82) is 0 Å². The normalized spacial score (nSPS) is 18.0. The van der Waals surface area contributed by atoms with Gasteiger partial charge in [0.25, 0.3) is 0 Å². The molecule has 3 aromatic carbocycles. The van der Waals surface area contributed by atoms with E-state index in [1.165, 1.54) is 24.8 Å². The van der Waals surface area contributed by atoms with Gasteiger partial charge in [-0.05, 0) is 79.4 Å². The first kappa shape index (κ1) is 22.6. The van der Waals surface area contributed by atoms with E-state index in [9.17, 15) is 0 Å². The van der Waals surface area contributed by atoms with Gasteiger partial charge in [0.15, 0.2) is 12.5 Å². The quantitative estimate of drug-likeness (QED) is 0.401. The minimum atomic E-state index is 0.732. The Bertz CT molecular complexity index is 1260. The fourth-order valence-corrected chi connectivity index (χ4v) is 5.15. The van der Waals surface area contributed by atoms with Crippen LogP contribution < -0.4 is 9.64 Å². The standard InChI is InChI=1S/C28H30N4OS/c1-33-26-14-12-24(13-15-26)27-29-31(28(34)32(27)25-10-6-3-7-11-25)21-30-18-16-23(17-19-30)20-22-8-4-2-5-9-22/h2-15,23H,16-21H2,1H3/p+1. The summed E-state index contributed by atoms with van der Waals surface area (Å²) in [6.07, 6.45) is 3.66. The average molecular weight is 472 g/mol. The predicted octanol–water partition coefficient (Wildman–Crippen LogP) is 4.57. The van der Waals surface area contributed by atoms with E-state index in [1.807, 2.05) is 47.1 Å². The van der Waals surface area contributed by atoms with E-state index in [4.69, 9.17) is 22.1 Å². The average Bonchev–Trinajstić information content (AvgIpc) is 3.22. The van der Waals surface area contributed by atoms with Crippen molar-refractivity contribution in [3.63, 3.8) is 0 Å². The fourth-order valence-electron chi connectivity index (χ4n) is 4.85. The summed E-state index contributed by atoms with van der Waals surface area (Å²) in [5.74, 6) is 2.45. The highest BCUT2D eigenvalue weighted by molar-refractivity contribution is 7.71. The van der Waals surface area contributed by atoms with Crippen LogP contribution in [0.15, 0.2) is 84.9 Å². The fraction of sp³-hybridized carbons (Fsp3) is 0.286. The van der Waals surface area contributed by atoms with Gasteiger partial charge in [0.05, 0.1) is 20.2 Å². The Morgan fingerprint density at radius 3 is 2.21 bits per heavy atom. The summed E-state index contributed by atoms with van der Waals surface area (Å²) in [5, 5.41) is 5.01. The van der Waals surface area contributed by atoms with E-state index in [0.29, 0.717) is 0 Å². The number of likely N-dealkylation sites (tertiary alicyclic amines) is 1. The number of hydrogen-bond donors (Lipinski definition) is 1. The van der Waals surface area contributed by atoms with Gasteiger partial charge in [-0.2, -0.15) is 4.68 Å².